The molecule has 1 aliphatic heterocycles. The fraction of sp³-hybridized carbons (Fsp3) is 0.538. The Bertz CT molecular complexity index is 728. The molecule has 5 nitrogen and oxygen atoms in total. The summed E-state index contributed by atoms with van der Waals surface area (Å²) in [6, 6.07) is 1.36. The summed E-state index contributed by atoms with van der Waals surface area (Å²) in [5.41, 5.74) is 0.232. The van der Waals surface area contributed by atoms with Gasteiger partial charge in [-0.25, -0.2) is 13.8 Å². The number of β-amino-alcohol motifs (C(OH)–C–C–N with tert-alkyl or cyclic N) is 1. The highest BCUT2D eigenvalue weighted by atomic mass is 32.1. The lowest BCUT2D eigenvalue weighted by atomic mass is 10.0. The smallest absolute Gasteiger partial charge is 0.263 e. The lowest BCUT2D eigenvalue weighted by Crippen LogP contribution is -2.48. The van der Waals surface area contributed by atoms with Crippen LogP contribution in [0.5, 0.6) is 0 Å². The molecule has 114 valence electrons. The number of aryl methyl sites for hydroxylation is 1. The molecule has 0 amide bonds. The molecule has 0 aliphatic carbocycles. The van der Waals surface area contributed by atoms with E-state index in [4.69, 9.17) is 0 Å². The predicted octanol–water partition coefficient (Wildman–Crippen LogP) is 1.27. The van der Waals surface area contributed by atoms with Gasteiger partial charge in [-0.05, 0) is 6.92 Å². The third-order valence-corrected chi connectivity index (χ3v) is 4.28. The number of nitrogens with zero attached hydrogens (tertiary/aromatic N) is 3. The highest BCUT2D eigenvalue weighted by molar-refractivity contribution is 7.16. The predicted molar refractivity (Wildman–Crippen MR) is 74.9 cm³/mol. The molecule has 2 aromatic heterocycles. The maximum Gasteiger partial charge on any atom is 0.263 e. The molecule has 2 aromatic rings. The first-order chi connectivity index (χ1) is 9.82. The Morgan fingerprint density at radius 1 is 1.57 bits per heavy atom. The topological polar surface area (TPSA) is 57.8 Å². The van der Waals surface area contributed by atoms with Gasteiger partial charge in [0.15, 0.2) is 4.96 Å². The number of piperidine rings is 1. The van der Waals surface area contributed by atoms with Gasteiger partial charge >= 0.3 is 0 Å². The maximum atomic E-state index is 13.5. The van der Waals surface area contributed by atoms with Crippen molar-refractivity contribution in [3.8, 4) is 0 Å². The summed E-state index contributed by atoms with van der Waals surface area (Å²) in [5.74, 6) is -2.91. The van der Waals surface area contributed by atoms with Crippen LogP contribution in [0.1, 0.15) is 17.0 Å². The molecule has 0 radical (unpaired) electrons. The minimum absolute atomic E-state index is 0.134. The van der Waals surface area contributed by atoms with Gasteiger partial charge in [-0.3, -0.25) is 14.1 Å². The van der Waals surface area contributed by atoms with E-state index in [-0.39, 0.29) is 18.6 Å². The van der Waals surface area contributed by atoms with E-state index in [0.717, 1.165) is 4.88 Å². The average Bonchev–Trinajstić information content (AvgIpc) is 2.67. The minimum atomic E-state index is -2.91. The molecule has 1 N–H and O–H groups in total. The van der Waals surface area contributed by atoms with Crippen LogP contribution < -0.4 is 5.56 Å². The number of halogens is 2. The van der Waals surface area contributed by atoms with Crippen molar-refractivity contribution in [3.63, 3.8) is 0 Å². The largest absolute Gasteiger partial charge is 0.392 e. The molecular formula is C13H15F2N3O2S. The number of aromatic nitrogens is 2. The van der Waals surface area contributed by atoms with Gasteiger partial charge in [0.25, 0.3) is 11.5 Å². The van der Waals surface area contributed by atoms with Crippen molar-refractivity contribution in [1.82, 2.24) is 14.3 Å². The van der Waals surface area contributed by atoms with Gasteiger partial charge in [0.2, 0.25) is 0 Å². The number of aliphatic hydroxyl groups is 1. The summed E-state index contributed by atoms with van der Waals surface area (Å²) in [6.07, 6.45) is 0.142. The van der Waals surface area contributed by atoms with Crippen molar-refractivity contribution in [2.75, 3.05) is 13.1 Å². The number of rotatable bonds is 2. The number of likely N-dealkylation sites (tertiary alicyclic amines) is 1. The summed E-state index contributed by atoms with van der Waals surface area (Å²) in [6.45, 7) is 1.75. The normalized spacial score (nSPS) is 22.8. The van der Waals surface area contributed by atoms with E-state index >= 15 is 0 Å². The Kier molecular flexibility index (Phi) is 3.54. The highest BCUT2D eigenvalue weighted by Crippen LogP contribution is 2.27. The molecule has 3 rings (SSSR count). The summed E-state index contributed by atoms with van der Waals surface area (Å²) >= 11 is 1.38. The Morgan fingerprint density at radius 2 is 2.33 bits per heavy atom. The zero-order valence-corrected chi connectivity index (χ0v) is 12.2. The Morgan fingerprint density at radius 3 is 3.05 bits per heavy atom. The van der Waals surface area contributed by atoms with Crippen LogP contribution in [-0.4, -0.2) is 44.5 Å². The van der Waals surface area contributed by atoms with Crippen LogP contribution in [0.15, 0.2) is 17.1 Å². The molecule has 0 spiro atoms. The van der Waals surface area contributed by atoms with Gasteiger partial charge in [0, 0.05) is 36.7 Å². The van der Waals surface area contributed by atoms with E-state index in [0.29, 0.717) is 10.7 Å². The first kappa shape index (κ1) is 14.6. The van der Waals surface area contributed by atoms with E-state index in [1.165, 1.54) is 26.7 Å². The van der Waals surface area contributed by atoms with Crippen molar-refractivity contribution in [2.24, 2.45) is 0 Å². The van der Waals surface area contributed by atoms with Crippen molar-refractivity contribution < 1.29 is 13.9 Å². The second-order valence-electron chi connectivity index (χ2n) is 5.46. The van der Waals surface area contributed by atoms with Crippen molar-refractivity contribution in [2.45, 2.75) is 31.9 Å². The molecule has 1 atom stereocenters. The van der Waals surface area contributed by atoms with Gasteiger partial charge < -0.3 is 5.11 Å². The molecule has 0 aromatic carbocycles. The molecule has 1 fully saturated rings. The lowest BCUT2D eigenvalue weighted by Gasteiger charge is -2.35. The molecule has 1 saturated heterocycles. The standard InChI is InChI=1S/C13H15F2N3O2S/c1-8-4-18-11(20)2-9(16-12(18)21-8)5-17-6-10(19)3-13(14,15)7-17/h2,4,10,19H,3,5-7H2,1H3. The van der Waals surface area contributed by atoms with Crippen LogP contribution >= 0.6 is 11.3 Å². The van der Waals surface area contributed by atoms with E-state index in [1.54, 1.807) is 6.20 Å². The Hall–Kier alpha value is -1.38. The van der Waals surface area contributed by atoms with Crippen molar-refractivity contribution in [3.05, 3.63) is 33.2 Å². The number of fused-ring (bicyclic) bond motifs is 1. The van der Waals surface area contributed by atoms with Crippen molar-refractivity contribution >= 4 is 16.3 Å². The summed E-state index contributed by atoms with van der Waals surface area (Å²) in [7, 11) is 0. The Labute approximate surface area is 123 Å². The summed E-state index contributed by atoms with van der Waals surface area (Å²) in [4.78, 5) is 19.2. The number of hydrogen-bond acceptors (Lipinski definition) is 5. The second kappa shape index (κ2) is 5.11. The van der Waals surface area contributed by atoms with Crippen LogP contribution in [-0.2, 0) is 6.54 Å². The number of thiazole rings is 1. The van der Waals surface area contributed by atoms with Gasteiger partial charge in [-0.15, -0.1) is 11.3 Å². The van der Waals surface area contributed by atoms with E-state index in [2.05, 4.69) is 4.98 Å². The van der Waals surface area contributed by atoms with E-state index in [1.807, 2.05) is 6.92 Å². The van der Waals surface area contributed by atoms with Gasteiger partial charge in [-0.1, -0.05) is 0 Å². The summed E-state index contributed by atoms with van der Waals surface area (Å²) in [5, 5.41) is 9.52. The fourth-order valence-electron chi connectivity index (χ4n) is 2.65. The molecule has 3 heterocycles. The van der Waals surface area contributed by atoms with Crippen LogP contribution in [0.4, 0.5) is 8.78 Å². The second-order valence-corrected chi connectivity index (χ2v) is 6.68. The van der Waals surface area contributed by atoms with Crippen LogP contribution in [0, 0.1) is 6.92 Å². The molecule has 1 aliphatic rings. The first-order valence-electron chi connectivity index (χ1n) is 6.59. The molecular weight excluding hydrogens is 300 g/mol. The number of aliphatic hydroxyl groups excluding tert-OH is 1. The summed E-state index contributed by atoms with van der Waals surface area (Å²) < 4.78 is 28.4. The molecule has 0 bridgehead atoms. The van der Waals surface area contributed by atoms with Gasteiger partial charge in [0.05, 0.1) is 18.3 Å². The quantitative estimate of drug-likeness (QED) is 0.907. The maximum absolute atomic E-state index is 13.5. The van der Waals surface area contributed by atoms with Crippen LogP contribution in [0.2, 0.25) is 0 Å². The van der Waals surface area contributed by atoms with Gasteiger partial charge in [0.1, 0.15) is 0 Å². The van der Waals surface area contributed by atoms with E-state index < -0.39 is 25.0 Å². The average molecular weight is 315 g/mol. The number of alkyl halides is 2. The van der Waals surface area contributed by atoms with E-state index in [9.17, 15) is 18.7 Å². The van der Waals surface area contributed by atoms with Crippen LogP contribution in [0.25, 0.3) is 4.96 Å². The molecule has 1 unspecified atom stereocenters. The molecule has 0 saturated carbocycles. The fourth-order valence-corrected chi connectivity index (χ4v) is 3.50. The third-order valence-electron chi connectivity index (χ3n) is 3.38. The zero-order valence-electron chi connectivity index (χ0n) is 11.4. The van der Waals surface area contributed by atoms with Gasteiger partial charge in [-0.2, -0.15) is 0 Å². The Balaban J connectivity index is 1.86. The first-order valence-corrected chi connectivity index (χ1v) is 7.41. The zero-order chi connectivity index (χ0) is 15.2. The highest BCUT2D eigenvalue weighted by Gasteiger charge is 2.39. The van der Waals surface area contributed by atoms with Crippen LogP contribution in [0.3, 0.4) is 0 Å². The SMILES string of the molecule is Cc1cn2c(=O)cc(CN3CC(O)CC(F)(F)C3)nc2s1. The van der Waals surface area contributed by atoms with Crippen molar-refractivity contribution in [1.29, 1.82) is 0 Å². The minimum Gasteiger partial charge on any atom is -0.392 e. The monoisotopic (exact) mass is 315 g/mol. The molecule has 21 heavy (non-hydrogen) atoms. The lowest BCUT2D eigenvalue weighted by molar-refractivity contribution is -0.109. The molecule has 8 heteroatoms. The number of hydrogen-bond donors (Lipinski definition) is 1. The third kappa shape index (κ3) is 3.12.